The summed E-state index contributed by atoms with van der Waals surface area (Å²) in [5.41, 5.74) is 7.03. The number of hydrogen-bond donors (Lipinski definition) is 2. The van der Waals surface area contributed by atoms with Crippen LogP contribution in [0, 0.1) is 6.92 Å². The molecular formula is C14H14N2O3. The van der Waals surface area contributed by atoms with E-state index in [1.165, 1.54) is 6.07 Å². The molecule has 1 aromatic carbocycles. The second kappa shape index (κ2) is 5.49. The molecule has 2 aromatic rings. The molecule has 2 rings (SSSR count). The molecule has 98 valence electrons. The van der Waals surface area contributed by atoms with Crippen molar-refractivity contribution in [3.8, 4) is 11.6 Å². The van der Waals surface area contributed by atoms with E-state index >= 15 is 0 Å². The number of carbonyl (C=O) groups is 1. The zero-order valence-electron chi connectivity index (χ0n) is 10.5. The maximum absolute atomic E-state index is 11.2. The van der Waals surface area contributed by atoms with Gasteiger partial charge in [-0.1, -0.05) is 12.1 Å². The van der Waals surface area contributed by atoms with E-state index in [-0.39, 0.29) is 6.61 Å². The maximum Gasteiger partial charge on any atom is 0.248 e. The summed E-state index contributed by atoms with van der Waals surface area (Å²) in [7, 11) is 0. The topological polar surface area (TPSA) is 85.4 Å². The number of nitrogens with two attached hydrogens (primary N) is 1. The Morgan fingerprint density at radius 2 is 2.00 bits per heavy atom. The van der Waals surface area contributed by atoms with Crippen LogP contribution in [-0.4, -0.2) is 16.0 Å². The van der Waals surface area contributed by atoms with Gasteiger partial charge in [0.2, 0.25) is 11.8 Å². The Kier molecular flexibility index (Phi) is 3.77. The van der Waals surface area contributed by atoms with E-state index in [4.69, 9.17) is 15.6 Å². The lowest BCUT2D eigenvalue weighted by Gasteiger charge is -2.07. The predicted molar refractivity (Wildman–Crippen MR) is 69.9 cm³/mol. The summed E-state index contributed by atoms with van der Waals surface area (Å²) in [6.07, 6.45) is 0. The first-order chi connectivity index (χ1) is 9.08. The molecule has 5 nitrogen and oxygen atoms in total. The Labute approximate surface area is 110 Å². The average molecular weight is 258 g/mol. The molecule has 0 aliphatic carbocycles. The summed E-state index contributed by atoms with van der Waals surface area (Å²) in [4.78, 5) is 15.3. The molecule has 0 atom stereocenters. The van der Waals surface area contributed by atoms with Crippen LogP contribution in [0.3, 0.4) is 0 Å². The molecule has 0 spiro atoms. The molecule has 19 heavy (non-hydrogen) atoms. The zero-order chi connectivity index (χ0) is 13.8. The fourth-order valence-corrected chi connectivity index (χ4v) is 1.62. The molecule has 0 unspecified atom stereocenters. The predicted octanol–water partition coefficient (Wildman–Crippen LogP) is 1.77. The van der Waals surface area contributed by atoms with E-state index in [2.05, 4.69) is 4.98 Å². The minimum absolute atomic E-state index is 0.0190. The fourth-order valence-electron chi connectivity index (χ4n) is 1.62. The molecule has 0 fully saturated rings. The van der Waals surface area contributed by atoms with Gasteiger partial charge in [-0.2, -0.15) is 0 Å². The van der Waals surface area contributed by atoms with Gasteiger partial charge in [-0.05, 0) is 30.7 Å². The molecule has 0 aliphatic rings. The third-order valence-electron chi connectivity index (χ3n) is 2.54. The number of carbonyl (C=O) groups excluding carboxylic acids is 1. The number of hydrogen-bond acceptors (Lipinski definition) is 4. The number of nitrogens with zero attached hydrogens (tertiary/aromatic N) is 1. The quantitative estimate of drug-likeness (QED) is 0.875. The van der Waals surface area contributed by atoms with Crippen LogP contribution in [-0.2, 0) is 6.61 Å². The van der Waals surface area contributed by atoms with E-state index in [1.807, 2.05) is 0 Å². The Balaban J connectivity index is 2.24. The molecule has 0 bridgehead atoms. The second-order valence-corrected chi connectivity index (χ2v) is 4.10. The monoisotopic (exact) mass is 258 g/mol. The summed E-state index contributed by atoms with van der Waals surface area (Å²) in [6, 6.07) is 10.0. The number of primary amides is 1. The highest BCUT2D eigenvalue weighted by Crippen LogP contribution is 2.21. The molecule has 1 aromatic heterocycles. The Morgan fingerprint density at radius 3 is 2.58 bits per heavy atom. The molecule has 0 saturated carbocycles. The number of aliphatic hydroxyl groups is 1. The summed E-state index contributed by atoms with van der Waals surface area (Å²) >= 11 is 0. The van der Waals surface area contributed by atoms with Crippen LogP contribution < -0.4 is 10.5 Å². The summed E-state index contributed by atoms with van der Waals surface area (Å²) in [5.74, 6) is 0.363. The Morgan fingerprint density at radius 1 is 1.32 bits per heavy atom. The normalized spacial score (nSPS) is 10.2. The van der Waals surface area contributed by atoms with Crippen LogP contribution in [0.15, 0.2) is 36.4 Å². The smallest absolute Gasteiger partial charge is 0.248 e. The Hall–Kier alpha value is -2.40. The van der Waals surface area contributed by atoms with Crippen LogP contribution in [0.1, 0.15) is 21.6 Å². The van der Waals surface area contributed by atoms with Gasteiger partial charge in [0, 0.05) is 17.3 Å². The summed E-state index contributed by atoms with van der Waals surface area (Å²) in [5, 5.41) is 8.95. The number of ether oxygens (including phenoxy) is 1. The minimum Gasteiger partial charge on any atom is -0.439 e. The van der Waals surface area contributed by atoms with Crippen LogP contribution >= 0.6 is 0 Å². The second-order valence-electron chi connectivity index (χ2n) is 4.10. The zero-order valence-corrected chi connectivity index (χ0v) is 10.5. The van der Waals surface area contributed by atoms with Crippen LogP contribution in [0.4, 0.5) is 0 Å². The van der Waals surface area contributed by atoms with Crippen molar-refractivity contribution in [1.82, 2.24) is 4.98 Å². The lowest BCUT2D eigenvalue weighted by Crippen LogP contribution is -2.11. The number of rotatable bonds is 4. The first-order valence-corrected chi connectivity index (χ1v) is 5.74. The van der Waals surface area contributed by atoms with Crippen LogP contribution in [0.5, 0.6) is 11.6 Å². The highest BCUT2D eigenvalue weighted by atomic mass is 16.5. The lowest BCUT2D eigenvalue weighted by molar-refractivity contribution is 0.0999. The van der Waals surface area contributed by atoms with Gasteiger partial charge >= 0.3 is 0 Å². The van der Waals surface area contributed by atoms with Crippen molar-refractivity contribution in [2.75, 3.05) is 0 Å². The van der Waals surface area contributed by atoms with E-state index in [0.717, 1.165) is 5.56 Å². The number of pyridine rings is 1. The van der Waals surface area contributed by atoms with Gasteiger partial charge in [0.05, 0.1) is 6.61 Å². The third kappa shape index (κ3) is 3.29. The van der Waals surface area contributed by atoms with Crippen molar-refractivity contribution >= 4 is 5.91 Å². The van der Waals surface area contributed by atoms with Crippen molar-refractivity contribution in [1.29, 1.82) is 0 Å². The fraction of sp³-hybridized carbons (Fsp3) is 0.143. The van der Waals surface area contributed by atoms with Crippen molar-refractivity contribution < 1.29 is 14.6 Å². The van der Waals surface area contributed by atoms with Gasteiger partial charge in [-0.3, -0.25) is 4.79 Å². The van der Waals surface area contributed by atoms with Gasteiger partial charge < -0.3 is 15.6 Å². The molecule has 1 amide bonds. The van der Waals surface area contributed by atoms with Crippen molar-refractivity contribution in [3.63, 3.8) is 0 Å². The first-order valence-electron chi connectivity index (χ1n) is 5.74. The standard InChI is InChI=1S/C14H14N2O3/c1-9-6-11(14(15)18)7-13(16-9)19-12-4-2-10(8-17)3-5-12/h2-7,17H,8H2,1H3,(H2,15,18). The van der Waals surface area contributed by atoms with Gasteiger partial charge in [-0.15, -0.1) is 0 Å². The highest BCUT2D eigenvalue weighted by molar-refractivity contribution is 5.93. The molecule has 0 saturated heterocycles. The molecule has 3 N–H and O–H groups in total. The minimum atomic E-state index is -0.522. The van der Waals surface area contributed by atoms with Gasteiger partial charge in [0.15, 0.2) is 0 Å². The van der Waals surface area contributed by atoms with E-state index < -0.39 is 5.91 Å². The number of aromatic nitrogens is 1. The van der Waals surface area contributed by atoms with Gasteiger partial charge in [0.25, 0.3) is 0 Å². The van der Waals surface area contributed by atoms with E-state index in [9.17, 15) is 4.79 Å². The van der Waals surface area contributed by atoms with Crippen molar-refractivity contribution in [2.45, 2.75) is 13.5 Å². The molecule has 1 heterocycles. The first kappa shape index (κ1) is 13.0. The number of benzene rings is 1. The summed E-state index contributed by atoms with van der Waals surface area (Å²) < 4.78 is 5.55. The maximum atomic E-state index is 11.2. The summed E-state index contributed by atoms with van der Waals surface area (Å²) in [6.45, 7) is 1.74. The Bertz CT molecular complexity index is 594. The average Bonchev–Trinajstić information content (AvgIpc) is 2.39. The molecular weight excluding hydrogens is 244 g/mol. The third-order valence-corrected chi connectivity index (χ3v) is 2.54. The van der Waals surface area contributed by atoms with E-state index in [1.54, 1.807) is 37.3 Å². The molecule has 5 heteroatoms. The molecule has 0 radical (unpaired) electrons. The van der Waals surface area contributed by atoms with Crippen molar-refractivity contribution in [2.24, 2.45) is 5.73 Å². The lowest BCUT2D eigenvalue weighted by atomic mass is 10.2. The SMILES string of the molecule is Cc1cc(C(N)=O)cc(Oc2ccc(CO)cc2)n1. The van der Waals surface area contributed by atoms with E-state index in [0.29, 0.717) is 22.9 Å². The molecule has 0 aliphatic heterocycles. The number of aryl methyl sites for hydroxylation is 1. The highest BCUT2D eigenvalue weighted by Gasteiger charge is 2.06. The van der Waals surface area contributed by atoms with Gasteiger partial charge in [-0.25, -0.2) is 4.98 Å². The van der Waals surface area contributed by atoms with Crippen molar-refractivity contribution in [3.05, 3.63) is 53.2 Å². The van der Waals surface area contributed by atoms with Crippen LogP contribution in [0.25, 0.3) is 0 Å². The largest absolute Gasteiger partial charge is 0.439 e. The number of aliphatic hydroxyl groups excluding tert-OH is 1. The van der Waals surface area contributed by atoms with Crippen LogP contribution in [0.2, 0.25) is 0 Å². The number of amides is 1. The van der Waals surface area contributed by atoms with Gasteiger partial charge in [0.1, 0.15) is 5.75 Å².